The van der Waals surface area contributed by atoms with E-state index in [9.17, 15) is 0 Å². The highest BCUT2D eigenvalue weighted by Gasteiger charge is 2.57. The van der Waals surface area contributed by atoms with Gasteiger partial charge in [-0.15, -0.1) is 0 Å². The molecule has 3 aromatic heterocycles. The minimum atomic E-state index is -0.0664. The summed E-state index contributed by atoms with van der Waals surface area (Å²) < 4.78 is 12.7. The summed E-state index contributed by atoms with van der Waals surface area (Å²) in [7, 11) is 0. The lowest BCUT2D eigenvalue weighted by molar-refractivity contribution is 0.125. The molecule has 5 nitrogen and oxygen atoms in total. The van der Waals surface area contributed by atoms with Crippen LogP contribution in [0.1, 0.15) is 52.7 Å². The molecule has 0 fully saturated rings. The highest BCUT2D eigenvalue weighted by molar-refractivity contribution is 6.12. The number of benzene rings is 9. The zero-order valence-electron chi connectivity index (χ0n) is 40.7. The molecule has 12 aromatic rings. The Morgan fingerprint density at radius 3 is 1.27 bits per heavy atom. The third kappa shape index (κ3) is 6.63. The zero-order valence-corrected chi connectivity index (χ0v) is 40.7. The first-order valence-electron chi connectivity index (χ1n) is 24.6. The molecule has 3 heterocycles. The molecule has 1 aliphatic rings. The van der Waals surface area contributed by atoms with Crippen LogP contribution in [0.2, 0.25) is 0 Å². The fourth-order valence-electron chi connectivity index (χ4n) is 11.3. The summed E-state index contributed by atoms with van der Waals surface area (Å²) in [5.41, 5.74) is 18.2. The number of nitrogens with zero attached hydrogens (tertiary/aromatic N) is 3. The fourth-order valence-corrected chi connectivity index (χ4v) is 11.3. The lowest BCUT2D eigenvalue weighted by Gasteiger charge is -2.44. The van der Waals surface area contributed by atoms with E-state index in [0.717, 1.165) is 82.8 Å². The molecule has 0 atom stereocenters. The molecular formula is C66H51N3O2. The van der Waals surface area contributed by atoms with Crippen LogP contribution in [0.4, 0.5) is 0 Å². The van der Waals surface area contributed by atoms with Gasteiger partial charge in [0.2, 0.25) is 0 Å². The summed E-state index contributed by atoms with van der Waals surface area (Å²) in [5, 5.41) is 4.50. The van der Waals surface area contributed by atoms with Crippen molar-refractivity contribution >= 4 is 43.9 Å². The second-order valence-electron chi connectivity index (χ2n) is 20.8. The maximum absolute atomic E-state index is 6.40. The number of para-hydroxylation sites is 3. The van der Waals surface area contributed by atoms with Crippen molar-refractivity contribution in [1.29, 1.82) is 0 Å². The van der Waals surface area contributed by atoms with Crippen LogP contribution in [0.25, 0.3) is 123 Å². The molecule has 0 bridgehead atoms. The quantitative estimate of drug-likeness (QED) is 0.159. The Morgan fingerprint density at radius 2 is 0.704 bits per heavy atom. The molecule has 9 aromatic carbocycles. The lowest BCUT2D eigenvalue weighted by atomic mass is 9.59. The van der Waals surface area contributed by atoms with E-state index in [4.69, 9.17) is 23.8 Å². The molecule has 1 aliphatic carbocycles. The molecule has 0 amide bonds. The van der Waals surface area contributed by atoms with Gasteiger partial charge < -0.3 is 8.83 Å². The summed E-state index contributed by atoms with van der Waals surface area (Å²) in [6.07, 6.45) is 0. The Balaban J connectivity index is 0.897. The van der Waals surface area contributed by atoms with E-state index in [1.54, 1.807) is 0 Å². The van der Waals surface area contributed by atoms with Gasteiger partial charge in [-0.05, 0) is 96.6 Å². The molecule has 0 radical (unpaired) electrons. The highest BCUT2D eigenvalue weighted by Crippen LogP contribution is 2.62. The van der Waals surface area contributed by atoms with Crippen LogP contribution in [0.15, 0.2) is 209 Å². The first-order valence-corrected chi connectivity index (χ1v) is 24.6. The largest absolute Gasteiger partial charge is 0.456 e. The van der Waals surface area contributed by atoms with Gasteiger partial charge in [-0.1, -0.05) is 211 Å². The van der Waals surface area contributed by atoms with Crippen molar-refractivity contribution < 1.29 is 8.83 Å². The second-order valence-corrected chi connectivity index (χ2v) is 20.8. The molecule has 0 saturated heterocycles. The normalized spacial score (nSPS) is 14.7. The van der Waals surface area contributed by atoms with Crippen LogP contribution in [-0.4, -0.2) is 15.0 Å². The number of aromatic nitrogens is 3. The van der Waals surface area contributed by atoms with Crippen molar-refractivity contribution in [2.24, 2.45) is 5.41 Å². The number of fused-ring (bicyclic) bond motifs is 7. The minimum Gasteiger partial charge on any atom is -0.456 e. The number of furan rings is 2. The topological polar surface area (TPSA) is 65.0 Å². The van der Waals surface area contributed by atoms with Gasteiger partial charge in [0.15, 0.2) is 17.5 Å². The van der Waals surface area contributed by atoms with Crippen molar-refractivity contribution in [2.75, 3.05) is 0 Å². The molecule has 0 N–H and O–H groups in total. The molecule has 71 heavy (non-hydrogen) atoms. The van der Waals surface area contributed by atoms with Crippen LogP contribution in [-0.2, 0) is 10.8 Å². The molecular weight excluding hydrogens is 867 g/mol. The van der Waals surface area contributed by atoms with E-state index in [-0.39, 0.29) is 16.2 Å². The SMILES string of the molecule is CC1(C)c2cc(-c3ccc(-c4nc(-c5ccccc5)nc(-c5ccc(-c6cccc7c6oc6ccccc67)cc5)n4)cc3)c(-c3ccc(-c4cccc5oc6ccccc6c45)cc3)cc2C(C)(C)C1(C)C. The predicted octanol–water partition coefficient (Wildman–Crippen LogP) is 17.9. The maximum atomic E-state index is 6.40. The van der Waals surface area contributed by atoms with Crippen LogP contribution >= 0.6 is 0 Å². The van der Waals surface area contributed by atoms with Crippen molar-refractivity contribution in [2.45, 2.75) is 52.4 Å². The maximum Gasteiger partial charge on any atom is 0.164 e. The van der Waals surface area contributed by atoms with E-state index >= 15 is 0 Å². The summed E-state index contributed by atoms with van der Waals surface area (Å²) in [6, 6.07) is 70.7. The summed E-state index contributed by atoms with van der Waals surface area (Å²) in [4.78, 5) is 15.3. The molecule has 0 saturated carbocycles. The molecule has 13 rings (SSSR count). The van der Waals surface area contributed by atoms with Crippen LogP contribution in [0.3, 0.4) is 0 Å². The van der Waals surface area contributed by atoms with E-state index < -0.39 is 0 Å². The Labute approximate surface area is 413 Å². The monoisotopic (exact) mass is 917 g/mol. The zero-order chi connectivity index (χ0) is 48.2. The van der Waals surface area contributed by atoms with Crippen molar-refractivity contribution in [3.05, 3.63) is 211 Å². The summed E-state index contributed by atoms with van der Waals surface area (Å²) in [6.45, 7) is 14.5. The number of rotatable bonds is 7. The van der Waals surface area contributed by atoms with Crippen molar-refractivity contribution in [1.82, 2.24) is 15.0 Å². The van der Waals surface area contributed by atoms with Gasteiger partial charge in [0, 0.05) is 43.8 Å². The predicted molar refractivity (Wildman–Crippen MR) is 292 cm³/mol. The third-order valence-corrected chi connectivity index (χ3v) is 16.5. The first kappa shape index (κ1) is 42.7. The Bertz CT molecular complexity index is 4040. The molecule has 342 valence electrons. The van der Waals surface area contributed by atoms with E-state index in [1.807, 2.05) is 42.5 Å². The number of hydrogen-bond acceptors (Lipinski definition) is 5. The Kier molecular flexibility index (Phi) is 9.50. The molecule has 0 unspecified atom stereocenters. The molecule has 0 aliphatic heterocycles. The van der Waals surface area contributed by atoms with Crippen LogP contribution in [0, 0.1) is 5.41 Å². The smallest absolute Gasteiger partial charge is 0.164 e. The average molecular weight is 918 g/mol. The number of hydrogen-bond donors (Lipinski definition) is 0. The summed E-state index contributed by atoms with van der Waals surface area (Å²) >= 11 is 0. The van der Waals surface area contributed by atoms with Gasteiger partial charge in [-0.25, -0.2) is 15.0 Å². The fraction of sp³-hybridized carbons (Fsp3) is 0.136. The van der Waals surface area contributed by atoms with Gasteiger partial charge in [0.05, 0.1) is 0 Å². The van der Waals surface area contributed by atoms with Crippen LogP contribution in [0.5, 0.6) is 0 Å². The Morgan fingerprint density at radius 1 is 0.310 bits per heavy atom. The summed E-state index contributed by atoms with van der Waals surface area (Å²) in [5.74, 6) is 1.85. The standard InChI is InChI=1S/C66H51N3O2/c1-64(2)54-38-52(42-28-26-40(27-29-42)47-20-15-25-58-59(47)51-19-11-13-24-57(51)70-58)53(39-55(54)65(3,4)66(64,5)6)43-32-36-46(37-33-43)63-68-61(44-16-8-7-9-17-44)67-62(69-63)45-34-30-41(31-35-45)48-21-14-22-50-49-18-10-12-23-56(49)71-60(48)50/h7-39H,1-6H3. The minimum absolute atomic E-state index is 0.00768. The van der Waals surface area contributed by atoms with Crippen molar-refractivity contribution in [3.8, 4) is 78.7 Å². The van der Waals surface area contributed by atoms with E-state index in [1.165, 1.54) is 33.4 Å². The van der Waals surface area contributed by atoms with Crippen LogP contribution < -0.4 is 0 Å². The lowest BCUT2D eigenvalue weighted by Crippen LogP contribution is -2.42. The van der Waals surface area contributed by atoms with Crippen molar-refractivity contribution in [3.63, 3.8) is 0 Å². The van der Waals surface area contributed by atoms with E-state index in [2.05, 4.69) is 199 Å². The third-order valence-electron chi connectivity index (χ3n) is 16.5. The van der Waals surface area contributed by atoms with Gasteiger partial charge in [-0.2, -0.15) is 0 Å². The molecule has 0 spiro atoms. The Hall–Kier alpha value is -8.41. The van der Waals surface area contributed by atoms with Gasteiger partial charge in [-0.3, -0.25) is 0 Å². The molecule has 5 heteroatoms. The highest BCUT2D eigenvalue weighted by atomic mass is 16.3. The van der Waals surface area contributed by atoms with Gasteiger partial charge in [0.25, 0.3) is 0 Å². The second kappa shape index (κ2) is 15.8. The average Bonchev–Trinajstić information content (AvgIpc) is 4.02. The first-order chi connectivity index (χ1) is 34.4. The van der Waals surface area contributed by atoms with Gasteiger partial charge >= 0.3 is 0 Å². The van der Waals surface area contributed by atoms with E-state index in [0.29, 0.717) is 17.5 Å². The van der Waals surface area contributed by atoms with Gasteiger partial charge in [0.1, 0.15) is 22.3 Å².